The number of unbranched alkanes of at least 4 members (excludes halogenated alkanes) is 32. The molecular formula is C62H110O6. The predicted molar refractivity (Wildman–Crippen MR) is 293 cm³/mol. The highest BCUT2D eigenvalue weighted by atomic mass is 16.6. The zero-order chi connectivity index (χ0) is 49.3. The largest absolute Gasteiger partial charge is 0.462 e. The van der Waals surface area contributed by atoms with E-state index < -0.39 is 6.10 Å². The van der Waals surface area contributed by atoms with Gasteiger partial charge < -0.3 is 14.2 Å². The summed E-state index contributed by atoms with van der Waals surface area (Å²) < 4.78 is 16.9. The third kappa shape index (κ3) is 54.1. The molecule has 0 aliphatic heterocycles. The average molecular weight is 952 g/mol. The van der Waals surface area contributed by atoms with Crippen molar-refractivity contribution in [1.82, 2.24) is 0 Å². The molecule has 394 valence electrons. The fourth-order valence-corrected chi connectivity index (χ4v) is 8.37. The Balaban J connectivity index is 4.40. The molecule has 6 nitrogen and oxygen atoms in total. The summed E-state index contributed by atoms with van der Waals surface area (Å²) in [5.74, 6) is -0.914. The lowest BCUT2D eigenvalue weighted by Crippen LogP contribution is -2.30. The Hall–Kier alpha value is -2.89. The van der Waals surface area contributed by atoms with Crippen molar-refractivity contribution < 1.29 is 28.6 Å². The normalized spacial score (nSPS) is 12.5. The van der Waals surface area contributed by atoms with Gasteiger partial charge in [-0.05, 0) is 83.5 Å². The number of hydrogen-bond donors (Lipinski definition) is 0. The van der Waals surface area contributed by atoms with E-state index >= 15 is 0 Å². The molecule has 0 aromatic heterocycles. The molecule has 0 rings (SSSR count). The third-order valence-electron chi connectivity index (χ3n) is 12.8. The van der Waals surface area contributed by atoms with Gasteiger partial charge in [0.25, 0.3) is 0 Å². The molecule has 0 heterocycles. The van der Waals surface area contributed by atoms with Crippen LogP contribution in [0.1, 0.15) is 297 Å². The van der Waals surface area contributed by atoms with Crippen molar-refractivity contribution in [2.75, 3.05) is 13.2 Å². The van der Waals surface area contributed by atoms with Crippen LogP contribution in [-0.2, 0) is 28.6 Å². The smallest absolute Gasteiger partial charge is 0.306 e. The monoisotopic (exact) mass is 951 g/mol. The Kier molecular flexibility index (Phi) is 54.3. The average Bonchev–Trinajstić information content (AvgIpc) is 3.34. The van der Waals surface area contributed by atoms with Crippen molar-refractivity contribution in [2.45, 2.75) is 303 Å². The topological polar surface area (TPSA) is 78.9 Å². The molecule has 1 atom stereocenters. The lowest BCUT2D eigenvalue weighted by Gasteiger charge is -2.18. The SMILES string of the molecule is CC/C=C\C/C=C\C/C=C\C/C=C\CCCCCC(=O)OC(COC(=O)CCCCCCC/C=C\CCCCCCCCC)COC(=O)CCCCCCCCCCCCCCCCCCCC. The van der Waals surface area contributed by atoms with E-state index in [1.54, 1.807) is 0 Å². The number of ether oxygens (including phenoxy) is 3. The highest BCUT2D eigenvalue weighted by molar-refractivity contribution is 5.71. The molecule has 0 spiro atoms. The van der Waals surface area contributed by atoms with E-state index in [0.29, 0.717) is 19.3 Å². The van der Waals surface area contributed by atoms with Crippen LogP contribution < -0.4 is 0 Å². The second kappa shape index (κ2) is 56.7. The van der Waals surface area contributed by atoms with Crippen molar-refractivity contribution in [3.63, 3.8) is 0 Å². The second-order valence-electron chi connectivity index (χ2n) is 19.5. The Labute approximate surface area is 421 Å². The van der Waals surface area contributed by atoms with Crippen LogP contribution in [-0.4, -0.2) is 37.2 Å². The molecule has 0 radical (unpaired) electrons. The molecular weight excluding hydrogens is 841 g/mol. The van der Waals surface area contributed by atoms with Gasteiger partial charge in [-0.2, -0.15) is 0 Å². The summed E-state index contributed by atoms with van der Waals surface area (Å²) >= 11 is 0. The molecule has 0 saturated heterocycles. The van der Waals surface area contributed by atoms with Crippen molar-refractivity contribution in [2.24, 2.45) is 0 Å². The van der Waals surface area contributed by atoms with Gasteiger partial charge in [0.15, 0.2) is 6.10 Å². The van der Waals surface area contributed by atoms with Crippen LogP contribution in [0.3, 0.4) is 0 Å². The fourth-order valence-electron chi connectivity index (χ4n) is 8.37. The number of carbonyl (C=O) groups is 3. The first kappa shape index (κ1) is 65.1. The van der Waals surface area contributed by atoms with Gasteiger partial charge in [-0.25, -0.2) is 0 Å². The van der Waals surface area contributed by atoms with E-state index in [9.17, 15) is 14.4 Å². The summed E-state index contributed by atoms with van der Waals surface area (Å²) in [6, 6.07) is 0. The van der Waals surface area contributed by atoms with Gasteiger partial charge in [-0.15, -0.1) is 0 Å². The highest BCUT2D eigenvalue weighted by Gasteiger charge is 2.19. The first-order valence-electron chi connectivity index (χ1n) is 29.3. The molecule has 0 amide bonds. The minimum absolute atomic E-state index is 0.0871. The lowest BCUT2D eigenvalue weighted by molar-refractivity contribution is -0.167. The molecule has 0 bridgehead atoms. The molecule has 68 heavy (non-hydrogen) atoms. The van der Waals surface area contributed by atoms with Gasteiger partial charge >= 0.3 is 17.9 Å². The van der Waals surface area contributed by atoms with Crippen molar-refractivity contribution in [3.05, 3.63) is 60.8 Å². The molecule has 0 aliphatic carbocycles. The van der Waals surface area contributed by atoms with E-state index in [2.05, 4.69) is 81.5 Å². The molecule has 0 fully saturated rings. The van der Waals surface area contributed by atoms with Crippen molar-refractivity contribution in [3.8, 4) is 0 Å². The first-order valence-corrected chi connectivity index (χ1v) is 29.3. The van der Waals surface area contributed by atoms with E-state index in [4.69, 9.17) is 14.2 Å². The van der Waals surface area contributed by atoms with Gasteiger partial charge in [-0.3, -0.25) is 14.4 Å². The molecule has 6 heteroatoms. The van der Waals surface area contributed by atoms with Crippen LogP contribution in [0, 0.1) is 0 Å². The standard InChI is InChI=1S/C62H110O6/c1-4-7-10-13-16-19-22-25-28-31-32-35-37-40-43-46-49-52-55-61(64)67-58-59(68-62(65)56-53-50-47-44-41-38-34-30-27-24-21-18-15-12-9-6-3)57-66-60(63)54-51-48-45-42-39-36-33-29-26-23-20-17-14-11-8-5-2/h9,12,18,21,27,29-30,33,38,41,59H,4-8,10-11,13-17,19-20,22-26,28,31-32,34-37,39-40,42-58H2,1-3H3/b12-9-,21-18-,30-27-,33-29-,41-38-. The van der Waals surface area contributed by atoms with Crippen LogP contribution in [0.2, 0.25) is 0 Å². The quantitative estimate of drug-likeness (QED) is 0.0262. The first-order chi connectivity index (χ1) is 33.5. The summed E-state index contributed by atoms with van der Waals surface area (Å²) in [5, 5.41) is 0. The van der Waals surface area contributed by atoms with Crippen LogP contribution in [0.25, 0.3) is 0 Å². The van der Waals surface area contributed by atoms with Gasteiger partial charge in [0.05, 0.1) is 0 Å². The number of carbonyl (C=O) groups excluding carboxylic acids is 3. The van der Waals surface area contributed by atoms with Gasteiger partial charge in [0, 0.05) is 19.3 Å². The molecule has 0 aromatic carbocycles. The maximum atomic E-state index is 12.8. The summed E-state index contributed by atoms with van der Waals surface area (Å²) in [4.78, 5) is 38.2. The number of rotatable bonds is 53. The van der Waals surface area contributed by atoms with Crippen LogP contribution in [0.15, 0.2) is 60.8 Å². The predicted octanol–water partition coefficient (Wildman–Crippen LogP) is 19.6. The fraction of sp³-hybridized carbons (Fsp3) is 0.790. The Morgan fingerprint density at radius 1 is 0.309 bits per heavy atom. The Morgan fingerprint density at radius 2 is 0.574 bits per heavy atom. The van der Waals surface area contributed by atoms with Gasteiger partial charge in [0.1, 0.15) is 13.2 Å². The number of hydrogen-bond acceptors (Lipinski definition) is 6. The highest BCUT2D eigenvalue weighted by Crippen LogP contribution is 2.16. The zero-order valence-electron chi connectivity index (χ0n) is 45.1. The third-order valence-corrected chi connectivity index (χ3v) is 12.8. The molecule has 0 N–H and O–H groups in total. The Morgan fingerprint density at radius 3 is 0.926 bits per heavy atom. The van der Waals surface area contributed by atoms with Gasteiger partial charge in [0.2, 0.25) is 0 Å². The van der Waals surface area contributed by atoms with Crippen LogP contribution in [0.5, 0.6) is 0 Å². The molecule has 0 aliphatic rings. The minimum Gasteiger partial charge on any atom is -0.462 e. The van der Waals surface area contributed by atoms with Crippen LogP contribution in [0.4, 0.5) is 0 Å². The second-order valence-corrected chi connectivity index (χ2v) is 19.5. The summed E-state index contributed by atoms with van der Waals surface area (Å²) in [7, 11) is 0. The van der Waals surface area contributed by atoms with E-state index in [0.717, 1.165) is 96.3 Å². The molecule has 1 unspecified atom stereocenters. The summed E-state index contributed by atoms with van der Waals surface area (Å²) in [6.45, 7) is 6.52. The lowest BCUT2D eigenvalue weighted by atomic mass is 10.0. The van der Waals surface area contributed by atoms with Crippen molar-refractivity contribution >= 4 is 17.9 Å². The molecule has 0 aromatic rings. The van der Waals surface area contributed by atoms with Crippen LogP contribution >= 0.6 is 0 Å². The van der Waals surface area contributed by atoms with Crippen molar-refractivity contribution in [1.29, 1.82) is 0 Å². The van der Waals surface area contributed by atoms with E-state index in [1.165, 1.54) is 161 Å². The van der Waals surface area contributed by atoms with E-state index in [-0.39, 0.29) is 31.1 Å². The maximum absolute atomic E-state index is 12.8. The number of allylic oxidation sites excluding steroid dienone is 10. The maximum Gasteiger partial charge on any atom is 0.306 e. The number of esters is 3. The molecule has 0 saturated carbocycles. The Bertz CT molecular complexity index is 1230. The summed E-state index contributed by atoms with van der Waals surface area (Å²) in [5.41, 5.74) is 0. The summed E-state index contributed by atoms with van der Waals surface area (Å²) in [6.07, 6.45) is 70.7. The van der Waals surface area contributed by atoms with Gasteiger partial charge in [-0.1, -0.05) is 255 Å². The zero-order valence-corrected chi connectivity index (χ0v) is 45.1. The minimum atomic E-state index is -0.793. The van der Waals surface area contributed by atoms with E-state index in [1.807, 2.05) is 0 Å².